The van der Waals surface area contributed by atoms with Gasteiger partial charge in [0.05, 0.1) is 57.4 Å². The molecule has 10 atom stereocenters. The summed E-state index contributed by atoms with van der Waals surface area (Å²) < 4.78 is 394. The van der Waals surface area contributed by atoms with E-state index < -0.39 is 280 Å². The number of alkyl halides is 6. The van der Waals surface area contributed by atoms with E-state index in [1.165, 1.54) is 86.6 Å². The van der Waals surface area contributed by atoms with Gasteiger partial charge in [0, 0.05) is 27.7 Å². The molecule has 3 saturated heterocycles. The summed E-state index contributed by atoms with van der Waals surface area (Å²) in [5, 5.41) is 1.48. The van der Waals surface area contributed by atoms with Crippen molar-refractivity contribution in [2.45, 2.75) is 98.1 Å². The third-order valence-electron chi connectivity index (χ3n) is 20.3. The van der Waals surface area contributed by atoms with Crippen LogP contribution in [0.4, 0.5) is 92.2 Å². The third-order valence-corrected chi connectivity index (χ3v) is 23.8. The number of imide groups is 6. The molecule has 12 amide bonds. The van der Waals surface area contributed by atoms with Crippen LogP contribution >= 0.6 is 0 Å². The van der Waals surface area contributed by atoms with Gasteiger partial charge in [0.15, 0.2) is 0 Å². The zero-order valence-electron chi connectivity index (χ0n) is 70.5. The van der Waals surface area contributed by atoms with Gasteiger partial charge >= 0.3 is 80.9 Å². The largest absolute Gasteiger partial charge is 0.537 e. The maximum Gasteiger partial charge on any atom is 0.537 e. The number of hydrogen-bond acceptors (Lipinski definition) is 31. The van der Waals surface area contributed by atoms with Crippen molar-refractivity contribution in [2.75, 3.05) is 0 Å². The minimum atomic E-state index is -5.22. The highest BCUT2D eigenvalue weighted by atomic mass is 32.2. The highest BCUT2D eigenvalue weighted by molar-refractivity contribution is 7.76. The fourth-order valence-electron chi connectivity index (χ4n) is 14.0. The Morgan fingerprint density at radius 2 is 0.545 bits per heavy atom. The van der Waals surface area contributed by atoms with E-state index in [4.69, 9.17) is 13.2 Å². The molecule has 0 spiro atoms. The second kappa shape index (κ2) is 43.4. The molecule has 10 unspecified atom stereocenters. The van der Waals surface area contributed by atoms with Crippen LogP contribution in [-0.4, -0.2) is 151 Å². The Kier molecular flexibility index (Phi) is 32.9. The second-order valence-electron chi connectivity index (χ2n) is 29.0. The lowest BCUT2D eigenvalue weighted by atomic mass is 9.81. The van der Waals surface area contributed by atoms with Crippen molar-refractivity contribution in [3.8, 4) is 23.0 Å². The molecule has 143 heavy (non-hydrogen) atoms. The molecule has 0 radical (unpaired) electrons. The molecule has 0 aromatic heterocycles. The Labute approximate surface area is 796 Å². The van der Waals surface area contributed by atoms with Gasteiger partial charge in [-0.25, -0.2) is 39.5 Å². The number of benzene rings is 8. The van der Waals surface area contributed by atoms with E-state index in [9.17, 15) is 175 Å². The van der Waals surface area contributed by atoms with Gasteiger partial charge in [-0.05, 0) is 126 Å². The van der Waals surface area contributed by atoms with Gasteiger partial charge in [-0.2, -0.15) is 60.0 Å². The van der Waals surface area contributed by atoms with Gasteiger partial charge < -0.3 is 21.5 Å². The van der Waals surface area contributed by atoms with Gasteiger partial charge in [0.1, 0.15) is 5.75 Å². The van der Waals surface area contributed by atoms with E-state index in [2.05, 4.69) is 42.3 Å². The molecule has 8 aromatic rings. The topological polar surface area (TPSA) is 447 Å². The number of carbonyl (C=O) groups excluding carboxylic acids is 12. The normalized spacial score (nSPS) is 19.0. The minimum Gasteiger partial charge on any atom is -0.378 e. The van der Waals surface area contributed by atoms with E-state index in [0.717, 1.165) is 29.5 Å². The number of aryl methyl sites for hydroxylation is 3. The molecule has 17 rings (SSSR count). The number of hydroxylamine groups is 12. The van der Waals surface area contributed by atoms with Crippen molar-refractivity contribution >= 4 is 150 Å². The molecule has 8 aromatic carbocycles. The highest BCUT2D eigenvalue weighted by Gasteiger charge is 2.64. The lowest BCUT2D eigenvalue weighted by Gasteiger charge is -2.24. The van der Waals surface area contributed by atoms with Crippen LogP contribution in [0, 0.1) is 120 Å². The van der Waals surface area contributed by atoms with Crippen LogP contribution in [0.25, 0.3) is 10.8 Å². The van der Waals surface area contributed by atoms with Crippen LogP contribution in [0.15, 0.2) is 119 Å². The van der Waals surface area contributed by atoms with Gasteiger partial charge in [-0.1, -0.05) is 66.2 Å². The summed E-state index contributed by atoms with van der Waals surface area (Å²) in [6, 6.07) is 23.6. The lowest BCUT2D eigenvalue weighted by Crippen LogP contribution is -2.41. The van der Waals surface area contributed by atoms with Crippen molar-refractivity contribution < 1.29 is 231 Å². The molecule has 762 valence electrons. The number of halogens is 21. The predicted octanol–water partition coefficient (Wildman–Crippen LogP) is 12.5. The highest BCUT2D eigenvalue weighted by Crippen LogP contribution is 2.49. The average Bonchev–Trinajstić information content (AvgIpc) is 1.58. The van der Waals surface area contributed by atoms with Gasteiger partial charge in [0.2, 0.25) is 105 Å². The molecule has 3 fully saturated rings. The lowest BCUT2D eigenvalue weighted by molar-refractivity contribution is -0.276. The molecule has 2 bridgehead atoms. The Morgan fingerprint density at radius 3 is 0.839 bits per heavy atom. The summed E-state index contributed by atoms with van der Waals surface area (Å²) in [6.45, 7) is 8.19. The van der Waals surface area contributed by atoms with E-state index >= 15 is 0 Å². The Hall–Kier alpha value is -13.4. The zero-order chi connectivity index (χ0) is 106. The average molecular weight is 2170 g/mol. The van der Waals surface area contributed by atoms with Crippen molar-refractivity contribution in [3.63, 3.8) is 0 Å². The third kappa shape index (κ3) is 22.5. The van der Waals surface area contributed by atoms with Gasteiger partial charge in [-0.3, -0.25) is 57.5 Å². The molecule has 8 heterocycles. The molecule has 1 aliphatic carbocycles. The standard InChI is InChI=1S/C18H6F5NO5S.C17H19NO5S.C14H8F5NO6S.C14H4F5NO5S.C9H4F3NO5S.C7H6F3NO5S/c19-11-12(20)14(22)16(15(23)13(11)21)28-30(27)29-24-17(25)8-5-1-3-7-4-2-6-9(10(7)8)18(24)26;1-10-8-11(2)15(12(3)9-10)22-24(21)23-18-16(19)13-6-4-5-7-14(13)17(18)20;15-7-8(16)10(18)12(11(19)9(7)17)25-27(23)26-20-13(21)5-3-1-2-4(24-3)6(5)14(20)22;15-7-8(16)10(18)12(11(19)9(7)17)24-26(23)25-20-13(21)5-3-1-2-4-6(5)14(20)22;10-9(11,12)17-19(16)18-13-7(14)5-3-1-2-4-6(5)8(13)15;1-3-4(2)6(13)11(5(3)12)16-17(14)15-7(8,9)10/h1-6H;8-9H,4-7H2,1-3H3;3-6H,1-2H2;1-4H;1-4H;1-2H3. The SMILES string of the molecule is CC1=C(C)C(=O)N(OS(=O)OC(F)(F)F)C1=O.Cc1cc(C)c(OS(=O)ON2C(=O)C3=C(CCCC3)C2=O)c(C)c1.O=C1C2C3CCC(O3)C2C(=O)N1OS(=O)Oc1c(F)c(F)c(F)c(F)c1F.O=C1c2cccc3cccc(c23)C(=O)N1OS(=O)Oc1c(F)c(F)c(F)c(F)c1F.O=C1c2ccccc2C(=O)N1OS(=O)OC(F)(F)F.O=C1c2ccccc2C(=O)N1OS(=O)Oc1c(F)c(F)c(F)c(F)c1F. The second-order valence-corrected chi connectivity index (χ2v) is 33.4. The van der Waals surface area contributed by atoms with Crippen LogP contribution in [0.5, 0.6) is 23.0 Å². The van der Waals surface area contributed by atoms with E-state index in [1.54, 1.807) is 12.1 Å². The number of nitrogens with zero attached hydrogens (tertiary/aromatic N) is 6. The fourth-order valence-corrected chi connectivity index (χ4v) is 17.3. The first kappa shape index (κ1) is 108. The van der Waals surface area contributed by atoms with Crippen LogP contribution in [0.1, 0.15) is 131 Å². The minimum absolute atomic E-state index is 0.000918. The van der Waals surface area contributed by atoms with E-state index in [1.807, 2.05) is 32.9 Å². The summed E-state index contributed by atoms with van der Waals surface area (Å²) in [6.07, 6.45) is -7.49. The molecule has 8 aliphatic heterocycles. The maximum atomic E-state index is 13.7. The number of fused-ring (bicyclic) bond motifs is 7. The molecule has 37 nitrogen and oxygen atoms in total. The Bertz CT molecular complexity index is 6690. The van der Waals surface area contributed by atoms with E-state index in [0.29, 0.717) is 58.4 Å². The summed E-state index contributed by atoms with van der Waals surface area (Å²) >= 11 is -18.8. The summed E-state index contributed by atoms with van der Waals surface area (Å²) in [5.74, 6) is -53.7. The molecular formula is C79H47F21N6O31S6. The number of hydrogen-bond donors (Lipinski definition) is 0. The quantitative estimate of drug-likeness (QED) is 0.0263. The van der Waals surface area contributed by atoms with E-state index in [-0.39, 0.29) is 69.8 Å². The number of amides is 12. The van der Waals surface area contributed by atoms with Crippen LogP contribution in [0.2, 0.25) is 0 Å². The predicted molar refractivity (Wildman–Crippen MR) is 424 cm³/mol. The first-order valence-corrected chi connectivity index (χ1v) is 44.5. The first-order valence-electron chi connectivity index (χ1n) is 38.5. The molecule has 0 saturated carbocycles. The molecular weight excluding hydrogens is 2120 g/mol. The Morgan fingerprint density at radius 1 is 0.301 bits per heavy atom. The molecule has 64 heteroatoms. The Balaban J connectivity index is 0.000000155. The zero-order valence-corrected chi connectivity index (χ0v) is 75.4. The van der Waals surface area contributed by atoms with Crippen LogP contribution < -0.4 is 16.7 Å². The monoisotopic (exact) mass is 2170 g/mol. The maximum absolute atomic E-state index is 13.7. The van der Waals surface area contributed by atoms with Crippen molar-refractivity contribution in [1.82, 2.24) is 30.4 Å². The smallest absolute Gasteiger partial charge is 0.378 e. The summed E-state index contributed by atoms with van der Waals surface area (Å²) in [7, 11) is 0. The summed E-state index contributed by atoms with van der Waals surface area (Å²) in [5.41, 5.74) is 3.29. The number of rotatable bonds is 22. The van der Waals surface area contributed by atoms with Crippen molar-refractivity contribution in [3.05, 3.63) is 257 Å². The fraction of sp³-hybridized carbons (Fsp3) is 0.215. The van der Waals surface area contributed by atoms with Crippen LogP contribution in [0.3, 0.4) is 0 Å². The van der Waals surface area contributed by atoms with Gasteiger partial charge in [-0.15, -0.1) is 82.4 Å². The number of ether oxygens (including phenoxy) is 1. The number of carbonyl (C=O) groups is 12. The molecule has 0 N–H and O–H groups in total. The first-order chi connectivity index (χ1) is 67.0. The summed E-state index contributed by atoms with van der Waals surface area (Å²) in [4.78, 5) is 144. The van der Waals surface area contributed by atoms with Crippen LogP contribution in [-0.2, 0) is 136 Å². The van der Waals surface area contributed by atoms with Gasteiger partial charge in [0.25, 0.3) is 70.9 Å². The van der Waals surface area contributed by atoms with Crippen molar-refractivity contribution in [2.24, 2.45) is 11.8 Å². The van der Waals surface area contributed by atoms with Crippen molar-refractivity contribution in [1.29, 1.82) is 0 Å². The molecule has 9 aliphatic rings.